The van der Waals surface area contributed by atoms with Crippen LogP contribution in [-0.2, 0) is 16.4 Å². The number of rotatable bonds is 5. The smallest absolute Gasteiger partial charge is 0.251 e. The number of amides is 1. The predicted molar refractivity (Wildman–Crippen MR) is 119 cm³/mol. The summed E-state index contributed by atoms with van der Waals surface area (Å²) in [5.74, 6) is -0.0349. The van der Waals surface area contributed by atoms with Crippen LogP contribution in [0.2, 0.25) is 19.6 Å². The minimum atomic E-state index is -2.01. The van der Waals surface area contributed by atoms with Gasteiger partial charge in [-0.2, -0.15) is 0 Å². The lowest BCUT2D eigenvalue weighted by Gasteiger charge is -2.47. The fourth-order valence-corrected chi connectivity index (χ4v) is 5.63. The molecule has 4 heteroatoms. The van der Waals surface area contributed by atoms with Gasteiger partial charge in [-0.05, 0) is 48.8 Å². The van der Waals surface area contributed by atoms with Crippen molar-refractivity contribution in [1.29, 1.82) is 0 Å². The molecule has 1 heterocycles. The highest BCUT2D eigenvalue weighted by atomic mass is 28.4. The molecule has 0 saturated carbocycles. The van der Waals surface area contributed by atoms with Gasteiger partial charge >= 0.3 is 0 Å². The molecule has 0 bridgehead atoms. The van der Waals surface area contributed by atoms with Gasteiger partial charge in [0.15, 0.2) is 8.32 Å². The number of carbonyl (C=O) groups excluding carboxylic acids is 1. The third-order valence-electron chi connectivity index (χ3n) is 5.35. The highest BCUT2D eigenvalue weighted by molar-refractivity contribution is 6.69. The lowest BCUT2D eigenvalue weighted by Crippen LogP contribution is -2.59. The summed E-state index contributed by atoms with van der Waals surface area (Å²) in [6.07, 6.45) is 0.718. The molecule has 0 radical (unpaired) electrons. The van der Waals surface area contributed by atoms with Gasteiger partial charge in [0.05, 0.1) is 6.04 Å². The van der Waals surface area contributed by atoms with Crippen molar-refractivity contribution in [3.63, 3.8) is 0 Å². The van der Waals surface area contributed by atoms with Crippen molar-refractivity contribution in [2.75, 3.05) is 0 Å². The number of hydrogen-bond acceptors (Lipinski definition) is 2. The maximum absolute atomic E-state index is 13.0. The Labute approximate surface area is 173 Å². The summed E-state index contributed by atoms with van der Waals surface area (Å²) in [7, 11) is -2.01. The molecule has 3 nitrogen and oxygen atoms in total. The zero-order valence-electron chi connectivity index (χ0n) is 17.2. The van der Waals surface area contributed by atoms with E-state index in [1.54, 1.807) is 0 Å². The molecule has 1 N–H and O–H groups in total. The summed E-state index contributed by atoms with van der Waals surface area (Å²) in [5.41, 5.74) is 3.20. The Balaban J connectivity index is 1.94. The van der Waals surface area contributed by atoms with E-state index in [-0.39, 0.29) is 11.9 Å². The highest BCUT2D eigenvalue weighted by Crippen LogP contribution is 2.42. The summed E-state index contributed by atoms with van der Waals surface area (Å²) in [4.78, 5) is 13.0. The number of nitrogens with one attached hydrogen (secondary N) is 1. The maximum atomic E-state index is 13.0. The first-order chi connectivity index (χ1) is 13.9. The Kier molecular flexibility index (Phi) is 5.15. The van der Waals surface area contributed by atoms with Crippen LogP contribution in [0.1, 0.15) is 27.0 Å². The second-order valence-corrected chi connectivity index (χ2v) is 13.0. The van der Waals surface area contributed by atoms with E-state index in [4.69, 9.17) is 4.43 Å². The van der Waals surface area contributed by atoms with Crippen molar-refractivity contribution < 1.29 is 9.22 Å². The van der Waals surface area contributed by atoms with E-state index in [0.717, 1.165) is 28.7 Å². The molecular formula is C25H27NO2Si. The van der Waals surface area contributed by atoms with Crippen molar-refractivity contribution in [2.24, 2.45) is 0 Å². The van der Waals surface area contributed by atoms with E-state index in [1.807, 2.05) is 54.6 Å². The van der Waals surface area contributed by atoms with Crippen molar-refractivity contribution in [2.45, 2.75) is 37.7 Å². The first-order valence-corrected chi connectivity index (χ1v) is 13.5. The van der Waals surface area contributed by atoms with Crippen LogP contribution >= 0.6 is 0 Å². The second-order valence-electron chi connectivity index (χ2n) is 8.57. The molecule has 0 unspecified atom stereocenters. The van der Waals surface area contributed by atoms with E-state index in [2.05, 4.69) is 55.3 Å². The Morgan fingerprint density at radius 1 is 0.828 bits per heavy atom. The molecule has 4 rings (SSSR count). The van der Waals surface area contributed by atoms with Crippen LogP contribution in [-0.4, -0.2) is 20.3 Å². The first kappa shape index (κ1) is 19.6. The normalized spacial score (nSPS) is 16.8. The Bertz CT molecular complexity index is 957. The van der Waals surface area contributed by atoms with Gasteiger partial charge in [-0.3, -0.25) is 4.79 Å². The van der Waals surface area contributed by atoms with E-state index >= 15 is 0 Å². The molecule has 29 heavy (non-hydrogen) atoms. The van der Waals surface area contributed by atoms with Crippen LogP contribution < -0.4 is 5.32 Å². The Morgan fingerprint density at radius 3 is 1.90 bits per heavy atom. The lowest BCUT2D eigenvalue weighted by molar-refractivity contribution is 0.0473. The molecule has 0 aliphatic carbocycles. The average Bonchev–Trinajstić information content (AvgIpc) is 2.72. The zero-order valence-corrected chi connectivity index (χ0v) is 18.2. The van der Waals surface area contributed by atoms with Crippen LogP contribution in [0.15, 0.2) is 84.9 Å². The van der Waals surface area contributed by atoms with Crippen molar-refractivity contribution in [3.8, 4) is 0 Å². The molecular weight excluding hydrogens is 374 g/mol. The molecule has 0 fully saturated rings. The quantitative estimate of drug-likeness (QED) is 0.602. The third kappa shape index (κ3) is 3.78. The monoisotopic (exact) mass is 401 g/mol. The van der Waals surface area contributed by atoms with Crippen molar-refractivity contribution in [1.82, 2.24) is 5.32 Å². The van der Waals surface area contributed by atoms with Gasteiger partial charge in [-0.25, -0.2) is 0 Å². The fourth-order valence-electron chi connectivity index (χ4n) is 4.28. The van der Waals surface area contributed by atoms with Gasteiger partial charge in [0.2, 0.25) is 0 Å². The van der Waals surface area contributed by atoms with Crippen LogP contribution in [0.5, 0.6) is 0 Å². The zero-order chi connectivity index (χ0) is 20.5. The van der Waals surface area contributed by atoms with Gasteiger partial charge in [-0.1, -0.05) is 78.9 Å². The predicted octanol–water partition coefficient (Wildman–Crippen LogP) is 5.14. The van der Waals surface area contributed by atoms with E-state index < -0.39 is 13.9 Å². The minimum absolute atomic E-state index is 0.0349. The molecule has 3 aromatic rings. The lowest BCUT2D eigenvalue weighted by atomic mass is 9.76. The summed E-state index contributed by atoms with van der Waals surface area (Å²) < 4.78 is 7.02. The second kappa shape index (κ2) is 7.62. The summed E-state index contributed by atoms with van der Waals surface area (Å²) in [5, 5.41) is 3.29. The van der Waals surface area contributed by atoms with Gasteiger partial charge in [0.25, 0.3) is 5.91 Å². The molecule has 0 saturated heterocycles. The topological polar surface area (TPSA) is 38.3 Å². The van der Waals surface area contributed by atoms with Crippen molar-refractivity contribution in [3.05, 3.63) is 107 Å². The number of fused-ring (bicyclic) bond motifs is 1. The van der Waals surface area contributed by atoms with Gasteiger partial charge < -0.3 is 9.74 Å². The van der Waals surface area contributed by atoms with E-state index in [9.17, 15) is 4.79 Å². The van der Waals surface area contributed by atoms with E-state index in [0.29, 0.717) is 0 Å². The Hall–Kier alpha value is -2.69. The SMILES string of the molecule is C[Si](C)(C)OC(c1ccccc1)(c1ccccc1)[C@@H]1Cc2ccccc2C(=O)N1. The molecule has 3 aromatic carbocycles. The molecule has 1 atom stereocenters. The summed E-state index contributed by atoms with van der Waals surface area (Å²) in [6, 6.07) is 28.3. The van der Waals surface area contributed by atoms with Gasteiger partial charge in [0.1, 0.15) is 5.60 Å². The number of benzene rings is 3. The molecule has 0 aromatic heterocycles. The average molecular weight is 402 g/mol. The minimum Gasteiger partial charge on any atom is -0.402 e. The highest BCUT2D eigenvalue weighted by Gasteiger charge is 2.48. The molecule has 1 amide bonds. The molecule has 1 aliphatic rings. The van der Waals surface area contributed by atoms with Crippen LogP contribution in [0.3, 0.4) is 0 Å². The van der Waals surface area contributed by atoms with Gasteiger partial charge in [0, 0.05) is 5.56 Å². The largest absolute Gasteiger partial charge is 0.402 e. The van der Waals surface area contributed by atoms with Crippen molar-refractivity contribution >= 4 is 14.2 Å². The molecule has 148 valence electrons. The van der Waals surface area contributed by atoms with Crippen LogP contribution in [0, 0.1) is 0 Å². The fraction of sp³-hybridized carbons (Fsp3) is 0.240. The molecule has 0 spiro atoms. The summed E-state index contributed by atoms with van der Waals surface area (Å²) >= 11 is 0. The van der Waals surface area contributed by atoms with Crippen LogP contribution in [0.25, 0.3) is 0 Å². The van der Waals surface area contributed by atoms with E-state index in [1.165, 1.54) is 0 Å². The third-order valence-corrected chi connectivity index (χ3v) is 6.29. The molecule has 1 aliphatic heterocycles. The van der Waals surface area contributed by atoms with Crippen LogP contribution in [0.4, 0.5) is 0 Å². The number of carbonyl (C=O) groups is 1. The standard InChI is InChI=1S/C25H27NO2Si/c1-29(2,3)28-25(20-13-6-4-7-14-20,21-15-8-5-9-16-21)23-18-19-12-10-11-17-22(19)24(27)26-23/h4-17,23H,18H2,1-3H3,(H,26,27)/t23-/m0/s1. The summed E-state index contributed by atoms with van der Waals surface area (Å²) in [6.45, 7) is 6.60. The maximum Gasteiger partial charge on any atom is 0.251 e. The first-order valence-electron chi connectivity index (χ1n) is 10.1. The number of hydrogen-bond donors (Lipinski definition) is 1. The van der Waals surface area contributed by atoms with Gasteiger partial charge in [-0.15, -0.1) is 0 Å². The Morgan fingerprint density at radius 2 is 1.34 bits per heavy atom.